The molecule has 2 aliphatic rings. The first-order chi connectivity index (χ1) is 18.3. The molecule has 38 heavy (non-hydrogen) atoms. The van der Waals surface area contributed by atoms with E-state index < -0.39 is 0 Å². The van der Waals surface area contributed by atoms with Gasteiger partial charge in [-0.15, -0.1) is 0 Å². The Morgan fingerprint density at radius 1 is 0.974 bits per heavy atom. The molecule has 0 bridgehead atoms. The van der Waals surface area contributed by atoms with Crippen molar-refractivity contribution in [3.8, 4) is 0 Å². The highest BCUT2D eigenvalue weighted by molar-refractivity contribution is 6.42. The molecule has 1 unspecified atom stereocenters. The number of rotatable bonds is 10. The molecule has 2 saturated heterocycles. The summed E-state index contributed by atoms with van der Waals surface area (Å²) in [5.41, 5.74) is 1.34. The number of amides is 2. The third kappa shape index (κ3) is 6.71. The first-order valence-electron chi connectivity index (χ1n) is 13.8. The summed E-state index contributed by atoms with van der Waals surface area (Å²) in [6, 6.07) is 15.1. The smallest absolute Gasteiger partial charge is 0.253 e. The number of likely N-dealkylation sites (tertiary alicyclic amines) is 1. The third-order valence-electron chi connectivity index (χ3n) is 8.21. The number of hydrogen-bond acceptors (Lipinski definition) is 4. The molecular weight excluding hydrogens is 519 g/mol. The summed E-state index contributed by atoms with van der Waals surface area (Å²) < 4.78 is 0. The van der Waals surface area contributed by atoms with Crippen LogP contribution in [0.5, 0.6) is 0 Å². The van der Waals surface area contributed by atoms with Crippen molar-refractivity contribution < 1.29 is 9.59 Å². The van der Waals surface area contributed by atoms with Crippen molar-refractivity contribution in [3.63, 3.8) is 0 Å². The van der Waals surface area contributed by atoms with Gasteiger partial charge in [0.05, 0.1) is 10.0 Å². The molecule has 0 spiro atoms. The maximum atomic E-state index is 13.8. The summed E-state index contributed by atoms with van der Waals surface area (Å²) in [4.78, 5) is 33.0. The largest absolute Gasteiger partial charge is 0.344 e. The summed E-state index contributed by atoms with van der Waals surface area (Å²) in [7, 11) is 3.79. The predicted molar refractivity (Wildman–Crippen MR) is 155 cm³/mol. The molecule has 0 saturated carbocycles. The monoisotopic (exact) mass is 558 g/mol. The first-order valence-corrected chi connectivity index (χ1v) is 14.5. The maximum absolute atomic E-state index is 13.8. The van der Waals surface area contributed by atoms with E-state index >= 15 is 0 Å². The third-order valence-corrected chi connectivity index (χ3v) is 8.95. The molecule has 1 atom stereocenters. The van der Waals surface area contributed by atoms with Crippen LogP contribution in [0.2, 0.25) is 10.0 Å². The van der Waals surface area contributed by atoms with Crippen LogP contribution in [0.3, 0.4) is 0 Å². The summed E-state index contributed by atoms with van der Waals surface area (Å²) in [5, 5.41) is 4.46. The molecule has 0 aromatic heterocycles. The van der Waals surface area contributed by atoms with Gasteiger partial charge in [0.25, 0.3) is 5.91 Å². The normalized spacial score (nSPS) is 18.2. The fraction of sp³-hybridized carbons (Fsp3) is 0.533. The van der Waals surface area contributed by atoms with Crippen LogP contribution >= 0.6 is 23.2 Å². The van der Waals surface area contributed by atoms with Gasteiger partial charge in [0.1, 0.15) is 5.54 Å². The van der Waals surface area contributed by atoms with E-state index in [0.29, 0.717) is 28.7 Å². The Labute approximate surface area is 237 Å². The summed E-state index contributed by atoms with van der Waals surface area (Å²) in [5.74, 6) is 0.308. The second kappa shape index (κ2) is 13.3. The Morgan fingerprint density at radius 3 is 2.32 bits per heavy atom. The quantitative estimate of drug-likeness (QED) is 0.429. The fourth-order valence-electron chi connectivity index (χ4n) is 6.03. The number of piperidine rings is 1. The van der Waals surface area contributed by atoms with Crippen molar-refractivity contribution in [1.29, 1.82) is 0 Å². The summed E-state index contributed by atoms with van der Waals surface area (Å²) in [6.45, 7) is 5.03. The SMILES string of the molecule is CN(CC(CCCN(C)C(=O)C1(N2CCCC2)CCNCC1)c1ccc(Cl)c(Cl)c1)C(=O)c1ccccc1. The Hall–Kier alpha value is -2.12. The van der Waals surface area contributed by atoms with E-state index in [1.165, 1.54) is 12.8 Å². The topological polar surface area (TPSA) is 55.9 Å². The van der Waals surface area contributed by atoms with Crippen molar-refractivity contribution in [2.45, 2.75) is 50.0 Å². The van der Waals surface area contributed by atoms with Gasteiger partial charge >= 0.3 is 0 Å². The standard InChI is InChI=1S/C30H40Cl2N4O2/c1-34(29(38)30(14-16-33-17-15-30)36-19-6-7-20-36)18-8-11-25(24-12-13-26(31)27(32)21-24)22-35(2)28(37)23-9-4-3-5-10-23/h3-5,9-10,12-13,21,25,33H,6-8,11,14-20,22H2,1-2H3. The van der Waals surface area contributed by atoms with E-state index in [0.717, 1.165) is 57.4 Å². The highest BCUT2D eigenvalue weighted by Crippen LogP contribution is 2.33. The van der Waals surface area contributed by atoms with E-state index in [-0.39, 0.29) is 23.3 Å². The zero-order valence-electron chi connectivity index (χ0n) is 22.6. The van der Waals surface area contributed by atoms with Crippen molar-refractivity contribution >= 4 is 35.0 Å². The predicted octanol–water partition coefficient (Wildman–Crippen LogP) is 5.31. The van der Waals surface area contributed by atoms with Crippen LogP contribution in [0.1, 0.15) is 60.4 Å². The Balaban J connectivity index is 1.43. The minimum atomic E-state index is -0.373. The number of benzene rings is 2. The van der Waals surface area contributed by atoms with Gasteiger partial charge in [0, 0.05) is 38.7 Å². The van der Waals surface area contributed by atoms with Gasteiger partial charge in [0.2, 0.25) is 5.91 Å². The van der Waals surface area contributed by atoms with Gasteiger partial charge in [-0.05, 0) is 94.5 Å². The zero-order valence-corrected chi connectivity index (χ0v) is 24.1. The minimum Gasteiger partial charge on any atom is -0.344 e. The van der Waals surface area contributed by atoms with E-state index in [1.807, 2.05) is 67.5 Å². The van der Waals surface area contributed by atoms with Gasteiger partial charge in [-0.2, -0.15) is 0 Å². The van der Waals surface area contributed by atoms with E-state index in [9.17, 15) is 9.59 Å². The molecule has 8 heteroatoms. The molecule has 2 aromatic carbocycles. The number of likely N-dealkylation sites (N-methyl/N-ethyl adjacent to an activating group) is 2. The molecule has 2 aromatic rings. The maximum Gasteiger partial charge on any atom is 0.253 e. The molecule has 2 heterocycles. The van der Waals surface area contributed by atoms with Gasteiger partial charge < -0.3 is 15.1 Å². The molecule has 0 aliphatic carbocycles. The Kier molecular flexibility index (Phi) is 10.1. The molecule has 206 valence electrons. The van der Waals surface area contributed by atoms with Crippen molar-refractivity contribution in [1.82, 2.24) is 20.0 Å². The number of nitrogens with zero attached hydrogens (tertiary/aromatic N) is 3. The first kappa shape index (κ1) is 28.9. The fourth-order valence-corrected chi connectivity index (χ4v) is 6.33. The van der Waals surface area contributed by atoms with Crippen LogP contribution in [-0.4, -0.2) is 85.4 Å². The lowest BCUT2D eigenvalue weighted by Gasteiger charge is -2.45. The zero-order chi connectivity index (χ0) is 27.1. The van der Waals surface area contributed by atoms with Crippen LogP contribution in [0.25, 0.3) is 0 Å². The van der Waals surface area contributed by atoms with Crippen LogP contribution in [0.4, 0.5) is 0 Å². The van der Waals surface area contributed by atoms with E-state index in [4.69, 9.17) is 23.2 Å². The number of carbonyl (C=O) groups excluding carboxylic acids is 2. The molecule has 2 fully saturated rings. The molecule has 6 nitrogen and oxygen atoms in total. The number of halogens is 2. The van der Waals surface area contributed by atoms with Crippen molar-refractivity contribution in [3.05, 3.63) is 69.7 Å². The lowest BCUT2D eigenvalue weighted by Crippen LogP contribution is -2.62. The summed E-state index contributed by atoms with van der Waals surface area (Å²) in [6.07, 6.45) is 5.73. The van der Waals surface area contributed by atoms with Gasteiger partial charge in [-0.25, -0.2) is 0 Å². The lowest BCUT2D eigenvalue weighted by atomic mass is 9.85. The van der Waals surface area contributed by atoms with Crippen LogP contribution in [-0.2, 0) is 4.79 Å². The molecule has 2 amide bonds. The average Bonchev–Trinajstić information content (AvgIpc) is 3.50. The Morgan fingerprint density at radius 2 is 1.66 bits per heavy atom. The van der Waals surface area contributed by atoms with Crippen LogP contribution < -0.4 is 5.32 Å². The van der Waals surface area contributed by atoms with Crippen LogP contribution in [0, 0.1) is 0 Å². The lowest BCUT2D eigenvalue weighted by molar-refractivity contribution is -0.145. The molecule has 4 rings (SSSR count). The highest BCUT2D eigenvalue weighted by Gasteiger charge is 2.46. The number of nitrogens with one attached hydrogen (secondary N) is 1. The molecule has 1 N–H and O–H groups in total. The number of carbonyl (C=O) groups is 2. The number of hydrogen-bond donors (Lipinski definition) is 1. The Bertz CT molecular complexity index is 1080. The summed E-state index contributed by atoms with van der Waals surface area (Å²) >= 11 is 12.6. The highest BCUT2D eigenvalue weighted by atomic mass is 35.5. The molecule has 0 radical (unpaired) electrons. The molecule has 2 aliphatic heterocycles. The van der Waals surface area contributed by atoms with E-state index in [2.05, 4.69) is 10.2 Å². The second-order valence-corrected chi connectivity index (χ2v) is 11.6. The molecular formula is C30H40Cl2N4O2. The minimum absolute atomic E-state index is 0.0126. The van der Waals surface area contributed by atoms with Crippen molar-refractivity contribution in [2.75, 3.05) is 53.4 Å². The van der Waals surface area contributed by atoms with E-state index in [1.54, 1.807) is 4.90 Å². The van der Waals surface area contributed by atoms with Crippen LogP contribution in [0.15, 0.2) is 48.5 Å². The van der Waals surface area contributed by atoms with Gasteiger partial charge in [-0.1, -0.05) is 47.5 Å². The average molecular weight is 560 g/mol. The van der Waals surface area contributed by atoms with Gasteiger partial charge in [-0.3, -0.25) is 14.5 Å². The second-order valence-electron chi connectivity index (χ2n) is 10.8. The van der Waals surface area contributed by atoms with Gasteiger partial charge in [0.15, 0.2) is 0 Å². The van der Waals surface area contributed by atoms with Crippen molar-refractivity contribution in [2.24, 2.45) is 0 Å².